The van der Waals surface area contributed by atoms with E-state index in [2.05, 4.69) is 4.74 Å². The van der Waals surface area contributed by atoms with Crippen LogP contribution in [0.3, 0.4) is 0 Å². The van der Waals surface area contributed by atoms with Gasteiger partial charge in [0, 0.05) is 11.1 Å². The average Bonchev–Trinajstić information content (AvgIpc) is 2.40. The molecule has 116 valence electrons. The van der Waals surface area contributed by atoms with Gasteiger partial charge in [0.15, 0.2) is 9.84 Å². The second kappa shape index (κ2) is 6.66. The first kappa shape index (κ1) is 17.1. The lowest BCUT2D eigenvalue weighted by Crippen LogP contribution is -2.24. The molecule has 1 rings (SSSR count). The second-order valence-electron chi connectivity index (χ2n) is 4.57. The summed E-state index contributed by atoms with van der Waals surface area (Å²) < 4.78 is 42.3. The van der Waals surface area contributed by atoms with Gasteiger partial charge in [0.2, 0.25) is 5.91 Å². The molecule has 0 bridgehead atoms. The number of ether oxygens (including phenoxy) is 1. The zero-order valence-corrected chi connectivity index (χ0v) is 12.4. The Morgan fingerprint density at radius 2 is 2.00 bits per heavy atom. The highest BCUT2D eigenvalue weighted by atomic mass is 32.2. The Hall–Kier alpha value is -1.96. The van der Waals surface area contributed by atoms with Crippen molar-refractivity contribution in [2.45, 2.75) is 24.3 Å². The molecule has 0 aromatic heterocycles. The minimum Gasteiger partial charge on any atom is -0.469 e. The first-order chi connectivity index (χ1) is 9.67. The number of amides is 1. The summed E-state index contributed by atoms with van der Waals surface area (Å²) >= 11 is 0. The molecule has 1 aromatic rings. The number of benzene rings is 1. The van der Waals surface area contributed by atoms with Crippen LogP contribution in [0, 0.1) is 5.82 Å². The summed E-state index contributed by atoms with van der Waals surface area (Å²) in [5.74, 6) is -2.87. The Morgan fingerprint density at radius 1 is 1.38 bits per heavy atom. The number of sulfone groups is 1. The van der Waals surface area contributed by atoms with Crippen LogP contribution in [-0.2, 0) is 25.1 Å². The van der Waals surface area contributed by atoms with Gasteiger partial charge in [-0.15, -0.1) is 0 Å². The number of primary amides is 1. The molecule has 0 heterocycles. The molecule has 21 heavy (non-hydrogen) atoms. The van der Waals surface area contributed by atoms with Crippen molar-refractivity contribution in [1.29, 1.82) is 0 Å². The van der Waals surface area contributed by atoms with Gasteiger partial charge in [-0.25, -0.2) is 12.8 Å². The van der Waals surface area contributed by atoms with Gasteiger partial charge < -0.3 is 10.5 Å². The average molecular weight is 317 g/mol. The number of carbonyl (C=O) groups excluding carboxylic acids is 2. The van der Waals surface area contributed by atoms with Gasteiger partial charge in [-0.3, -0.25) is 9.59 Å². The van der Waals surface area contributed by atoms with E-state index in [0.717, 1.165) is 13.2 Å². The van der Waals surface area contributed by atoms with Crippen molar-refractivity contribution in [3.8, 4) is 0 Å². The monoisotopic (exact) mass is 317 g/mol. The maximum Gasteiger partial charge on any atom is 0.306 e. The third kappa shape index (κ3) is 4.52. The number of nitrogens with two attached hydrogens (primary N) is 1. The molecule has 0 saturated carbocycles. The molecule has 1 amide bonds. The molecule has 0 aliphatic carbocycles. The van der Waals surface area contributed by atoms with Crippen LogP contribution in [0.1, 0.15) is 29.3 Å². The first-order valence-electron chi connectivity index (χ1n) is 6.04. The Kier molecular flexibility index (Phi) is 5.42. The highest BCUT2D eigenvalue weighted by molar-refractivity contribution is 7.91. The minimum atomic E-state index is -3.73. The van der Waals surface area contributed by atoms with Crippen LogP contribution >= 0.6 is 0 Å². The van der Waals surface area contributed by atoms with E-state index in [-0.39, 0.29) is 17.5 Å². The molecule has 0 saturated heterocycles. The van der Waals surface area contributed by atoms with E-state index >= 15 is 0 Å². The Balaban J connectivity index is 2.94. The van der Waals surface area contributed by atoms with Gasteiger partial charge >= 0.3 is 5.97 Å². The van der Waals surface area contributed by atoms with Crippen LogP contribution in [0.15, 0.2) is 18.2 Å². The molecule has 0 radical (unpaired) electrons. The number of hydrogen-bond acceptors (Lipinski definition) is 5. The van der Waals surface area contributed by atoms with Crippen LogP contribution in [0.2, 0.25) is 0 Å². The molecule has 0 spiro atoms. The van der Waals surface area contributed by atoms with Crippen LogP contribution < -0.4 is 5.73 Å². The second-order valence-corrected chi connectivity index (χ2v) is 6.99. The van der Waals surface area contributed by atoms with Crippen LogP contribution in [0.4, 0.5) is 4.39 Å². The Morgan fingerprint density at radius 3 is 2.48 bits per heavy atom. The van der Waals surface area contributed by atoms with Crippen molar-refractivity contribution in [2.24, 2.45) is 5.73 Å². The van der Waals surface area contributed by atoms with Gasteiger partial charge in [0.05, 0.1) is 24.5 Å². The van der Waals surface area contributed by atoms with Crippen LogP contribution in [-0.4, -0.2) is 32.7 Å². The maximum atomic E-state index is 13.8. The zero-order valence-electron chi connectivity index (χ0n) is 11.6. The number of halogens is 1. The number of hydrogen-bond donors (Lipinski definition) is 1. The van der Waals surface area contributed by atoms with E-state index in [1.165, 1.54) is 19.1 Å². The molecule has 1 unspecified atom stereocenters. The minimum absolute atomic E-state index is 0.0451. The summed E-state index contributed by atoms with van der Waals surface area (Å²) in [7, 11) is -2.57. The van der Waals surface area contributed by atoms with Gasteiger partial charge in [0.1, 0.15) is 5.82 Å². The smallest absolute Gasteiger partial charge is 0.306 e. The van der Waals surface area contributed by atoms with Gasteiger partial charge in [0.25, 0.3) is 0 Å². The predicted molar refractivity (Wildman–Crippen MR) is 73.6 cm³/mol. The summed E-state index contributed by atoms with van der Waals surface area (Å²) in [6, 6.07) is 3.33. The molecule has 0 aliphatic rings. The zero-order chi connectivity index (χ0) is 16.2. The third-order valence-electron chi connectivity index (χ3n) is 2.99. The van der Waals surface area contributed by atoms with E-state index in [1.807, 2.05) is 0 Å². The molecule has 0 fully saturated rings. The number of rotatable bonds is 6. The lowest BCUT2D eigenvalue weighted by atomic mass is 10.1. The standard InChI is InChI=1S/C13H16FNO5S/c1-8(5-12(16)20-2)21(18,19)7-10-4-3-9(13(15)17)6-11(10)14/h3-4,6,8H,5,7H2,1-2H3,(H2,15,17). The molecule has 8 heteroatoms. The summed E-state index contributed by atoms with van der Waals surface area (Å²) in [4.78, 5) is 22.0. The van der Waals surface area contributed by atoms with E-state index in [1.54, 1.807) is 0 Å². The lowest BCUT2D eigenvalue weighted by Gasteiger charge is -2.12. The van der Waals surface area contributed by atoms with Gasteiger partial charge in [-0.2, -0.15) is 0 Å². The number of methoxy groups -OCH3 is 1. The lowest BCUT2D eigenvalue weighted by molar-refractivity contribution is -0.140. The number of esters is 1. The highest BCUT2D eigenvalue weighted by Crippen LogP contribution is 2.18. The summed E-state index contributed by atoms with van der Waals surface area (Å²) in [5, 5.41) is -1.000. The van der Waals surface area contributed by atoms with Gasteiger partial charge in [-0.1, -0.05) is 6.07 Å². The third-order valence-corrected chi connectivity index (χ3v) is 5.10. The van der Waals surface area contributed by atoms with Gasteiger partial charge in [-0.05, 0) is 19.1 Å². The fourth-order valence-corrected chi connectivity index (χ4v) is 2.96. The Labute approximate surface area is 122 Å². The molecule has 1 aromatic carbocycles. The van der Waals surface area contributed by atoms with Crippen molar-refractivity contribution in [3.63, 3.8) is 0 Å². The van der Waals surface area contributed by atoms with E-state index < -0.39 is 38.5 Å². The van der Waals surface area contributed by atoms with E-state index in [0.29, 0.717) is 0 Å². The highest BCUT2D eigenvalue weighted by Gasteiger charge is 2.25. The molecular formula is C13H16FNO5S. The van der Waals surface area contributed by atoms with Crippen molar-refractivity contribution < 1.29 is 27.1 Å². The predicted octanol–water partition coefficient (Wildman–Crippen LogP) is 0.791. The van der Waals surface area contributed by atoms with Crippen molar-refractivity contribution in [1.82, 2.24) is 0 Å². The fraction of sp³-hybridized carbons (Fsp3) is 0.385. The molecule has 2 N–H and O–H groups in total. The fourth-order valence-electron chi connectivity index (χ4n) is 1.62. The molecule has 6 nitrogen and oxygen atoms in total. The quantitative estimate of drug-likeness (QED) is 0.781. The maximum absolute atomic E-state index is 13.8. The molecular weight excluding hydrogens is 301 g/mol. The van der Waals surface area contributed by atoms with Crippen molar-refractivity contribution in [2.75, 3.05) is 7.11 Å². The first-order valence-corrected chi connectivity index (χ1v) is 7.75. The molecule has 0 aliphatic heterocycles. The van der Waals surface area contributed by atoms with Crippen molar-refractivity contribution >= 4 is 21.7 Å². The summed E-state index contributed by atoms with van der Waals surface area (Å²) in [6.07, 6.45) is -0.306. The largest absolute Gasteiger partial charge is 0.469 e. The van der Waals surface area contributed by atoms with Crippen molar-refractivity contribution in [3.05, 3.63) is 35.1 Å². The van der Waals surface area contributed by atoms with E-state index in [9.17, 15) is 22.4 Å². The normalized spacial score (nSPS) is 12.7. The van der Waals surface area contributed by atoms with E-state index in [4.69, 9.17) is 5.73 Å². The Bertz CT molecular complexity index is 657. The summed E-state index contributed by atoms with van der Waals surface area (Å²) in [6.45, 7) is 1.35. The number of carbonyl (C=O) groups is 2. The molecule has 1 atom stereocenters. The van der Waals surface area contributed by atoms with Crippen LogP contribution in [0.25, 0.3) is 0 Å². The van der Waals surface area contributed by atoms with Crippen LogP contribution in [0.5, 0.6) is 0 Å². The summed E-state index contributed by atoms with van der Waals surface area (Å²) in [5.41, 5.74) is 4.87. The SMILES string of the molecule is COC(=O)CC(C)S(=O)(=O)Cc1ccc(C(N)=O)cc1F. The topological polar surface area (TPSA) is 104 Å².